The monoisotopic (exact) mass is 480 g/mol. The molecule has 2 aliphatic rings. The first-order valence-corrected chi connectivity index (χ1v) is 11.3. The van der Waals surface area contributed by atoms with Gasteiger partial charge in [0.05, 0.1) is 11.7 Å². The van der Waals surface area contributed by atoms with E-state index in [1.165, 1.54) is 13.1 Å². The van der Waals surface area contributed by atoms with E-state index < -0.39 is 18.0 Å². The maximum absolute atomic E-state index is 15.4. The van der Waals surface area contributed by atoms with Crippen LogP contribution in [0.1, 0.15) is 18.9 Å². The van der Waals surface area contributed by atoms with Gasteiger partial charge in [-0.1, -0.05) is 0 Å². The van der Waals surface area contributed by atoms with Gasteiger partial charge in [0.1, 0.15) is 18.1 Å². The summed E-state index contributed by atoms with van der Waals surface area (Å²) >= 11 is 0. The molecule has 3 aromatic rings. The van der Waals surface area contributed by atoms with Gasteiger partial charge in [-0.2, -0.15) is 0 Å². The number of nitrogens with zero attached hydrogens (tertiary/aromatic N) is 4. The number of halogens is 1. The van der Waals surface area contributed by atoms with Crippen LogP contribution in [-0.2, 0) is 4.79 Å². The molecular formula is C24H25FN6O4. The number of hydrogen-bond acceptors (Lipinski definition) is 7. The number of rotatable bonds is 3. The molecule has 0 saturated carbocycles. The van der Waals surface area contributed by atoms with Gasteiger partial charge in [-0.3, -0.25) is 9.69 Å². The molecule has 0 bridgehead atoms. The zero-order valence-electron chi connectivity index (χ0n) is 19.3. The van der Waals surface area contributed by atoms with Crippen LogP contribution >= 0.6 is 0 Å². The standard InChI is InChI=1S/C24H25FN6O4/c1-12-17(9-29-23-22(12)27-4-6-35-23)16-7-14-8-19(28-10-18(14)21(26)20(16)25)31(24(33)34)15-3-5-30(11-15)13(2)32/h7-10,15,27H,3-6,11,26H2,1-2H3,(H,33,34). The van der Waals surface area contributed by atoms with Crippen molar-refractivity contribution in [1.29, 1.82) is 0 Å². The molecule has 1 fully saturated rings. The van der Waals surface area contributed by atoms with Crippen molar-refractivity contribution in [2.75, 3.05) is 42.2 Å². The lowest BCUT2D eigenvalue weighted by molar-refractivity contribution is -0.127. The molecule has 2 aromatic heterocycles. The van der Waals surface area contributed by atoms with Crippen LogP contribution in [-0.4, -0.2) is 64.3 Å². The van der Waals surface area contributed by atoms with E-state index in [9.17, 15) is 14.7 Å². The second kappa shape index (κ2) is 8.57. The number of pyridine rings is 2. The van der Waals surface area contributed by atoms with Crippen molar-refractivity contribution in [2.45, 2.75) is 26.3 Å². The number of nitrogen functional groups attached to an aromatic ring is 1. The van der Waals surface area contributed by atoms with Crippen molar-refractivity contribution < 1.29 is 23.8 Å². The highest BCUT2D eigenvalue weighted by atomic mass is 19.1. The smallest absolute Gasteiger partial charge is 0.413 e. The fraction of sp³-hybridized carbons (Fsp3) is 0.333. The van der Waals surface area contributed by atoms with Crippen LogP contribution in [0, 0.1) is 12.7 Å². The highest BCUT2D eigenvalue weighted by molar-refractivity contribution is 6.00. The normalized spacial score (nSPS) is 17.0. The molecule has 35 heavy (non-hydrogen) atoms. The number of likely N-dealkylation sites (tertiary alicyclic amines) is 1. The van der Waals surface area contributed by atoms with E-state index in [0.717, 1.165) is 10.5 Å². The largest absolute Gasteiger partial charge is 0.474 e. The quantitative estimate of drug-likeness (QED) is 0.487. The number of aromatic nitrogens is 2. The molecule has 4 N–H and O–H groups in total. The molecule has 1 atom stereocenters. The van der Waals surface area contributed by atoms with Crippen LogP contribution in [0.15, 0.2) is 24.5 Å². The lowest BCUT2D eigenvalue weighted by atomic mass is 9.97. The second-order valence-corrected chi connectivity index (χ2v) is 8.73. The van der Waals surface area contributed by atoms with Gasteiger partial charge < -0.3 is 25.8 Å². The first-order chi connectivity index (χ1) is 16.8. The summed E-state index contributed by atoms with van der Waals surface area (Å²) < 4.78 is 21.0. The van der Waals surface area contributed by atoms with Gasteiger partial charge in [-0.25, -0.2) is 19.2 Å². The molecule has 182 valence electrons. The summed E-state index contributed by atoms with van der Waals surface area (Å²) in [6, 6.07) is 2.78. The minimum Gasteiger partial charge on any atom is -0.474 e. The Morgan fingerprint density at radius 3 is 2.80 bits per heavy atom. The summed E-state index contributed by atoms with van der Waals surface area (Å²) in [7, 11) is 0. The first kappa shape index (κ1) is 22.6. The fourth-order valence-electron chi connectivity index (χ4n) is 4.79. The number of amides is 2. The van der Waals surface area contributed by atoms with E-state index in [0.29, 0.717) is 54.0 Å². The van der Waals surface area contributed by atoms with E-state index in [2.05, 4.69) is 15.3 Å². The fourth-order valence-corrected chi connectivity index (χ4v) is 4.79. The van der Waals surface area contributed by atoms with Crippen LogP contribution in [0.3, 0.4) is 0 Å². The maximum Gasteiger partial charge on any atom is 0.413 e. The highest BCUT2D eigenvalue weighted by Gasteiger charge is 2.34. The molecule has 10 nitrogen and oxygen atoms in total. The summed E-state index contributed by atoms with van der Waals surface area (Å²) in [5, 5.41) is 14.1. The van der Waals surface area contributed by atoms with Crippen molar-refractivity contribution in [1.82, 2.24) is 14.9 Å². The molecule has 2 amide bonds. The number of carboxylic acid groups (broad SMARTS) is 1. The molecule has 1 aromatic carbocycles. The average Bonchev–Trinajstić information content (AvgIpc) is 3.32. The van der Waals surface area contributed by atoms with Gasteiger partial charge in [0.15, 0.2) is 5.82 Å². The van der Waals surface area contributed by atoms with Crippen molar-refractivity contribution >= 4 is 40.0 Å². The van der Waals surface area contributed by atoms with Crippen molar-refractivity contribution in [3.63, 3.8) is 0 Å². The minimum atomic E-state index is -1.18. The summed E-state index contributed by atoms with van der Waals surface area (Å²) in [4.78, 5) is 35.3. The number of ether oxygens (including phenoxy) is 1. The Morgan fingerprint density at radius 1 is 1.29 bits per heavy atom. The summed E-state index contributed by atoms with van der Waals surface area (Å²) in [6.07, 6.45) is 2.25. The van der Waals surface area contributed by atoms with Crippen LogP contribution in [0.5, 0.6) is 5.88 Å². The number of carbonyl (C=O) groups is 2. The van der Waals surface area contributed by atoms with Gasteiger partial charge in [0.2, 0.25) is 11.8 Å². The molecule has 2 aliphatic heterocycles. The molecule has 0 aliphatic carbocycles. The number of nitrogens with two attached hydrogens (primary N) is 1. The predicted octanol–water partition coefficient (Wildman–Crippen LogP) is 3.24. The summed E-state index contributed by atoms with van der Waals surface area (Å²) in [5.41, 5.74) is 8.34. The highest BCUT2D eigenvalue weighted by Crippen LogP contribution is 2.40. The number of nitrogens with one attached hydrogen (secondary N) is 1. The molecule has 5 rings (SSSR count). The lowest BCUT2D eigenvalue weighted by Gasteiger charge is -2.25. The van der Waals surface area contributed by atoms with Gasteiger partial charge in [-0.05, 0) is 36.4 Å². The van der Waals surface area contributed by atoms with E-state index in [1.54, 1.807) is 23.2 Å². The number of anilines is 3. The molecule has 1 unspecified atom stereocenters. The van der Waals surface area contributed by atoms with Crippen molar-refractivity contribution in [2.24, 2.45) is 0 Å². The summed E-state index contributed by atoms with van der Waals surface area (Å²) in [6.45, 7) is 5.18. The van der Waals surface area contributed by atoms with Gasteiger partial charge in [0, 0.05) is 55.5 Å². The number of hydrogen-bond donors (Lipinski definition) is 3. The third-order valence-corrected chi connectivity index (χ3v) is 6.65. The predicted molar refractivity (Wildman–Crippen MR) is 129 cm³/mol. The average molecular weight is 481 g/mol. The Morgan fingerprint density at radius 2 is 2.09 bits per heavy atom. The third kappa shape index (κ3) is 3.82. The Bertz CT molecular complexity index is 1360. The van der Waals surface area contributed by atoms with Gasteiger partial charge in [-0.15, -0.1) is 0 Å². The maximum atomic E-state index is 15.4. The number of benzene rings is 1. The Hall–Kier alpha value is -4.15. The summed E-state index contributed by atoms with van der Waals surface area (Å²) in [5.74, 6) is -0.0538. The van der Waals surface area contributed by atoms with Gasteiger partial charge in [0.25, 0.3) is 0 Å². The second-order valence-electron chi connectivity index (χ2n) is 8.73. The molecular weight excluding hydrogens is 455 g/mol. The third-order valence-electron chi connectivity index (χ3n) is 6.65. The van der Waals surface area contributed by atoms with E-state index in [1.807, 2.05) is 6.92 Å². The van der Waals surface area contributed by atoms with E-state index in [-0.39, 0.29) is 29.5 Å². The first-order valence-electron chi connectivity index (χ1n) is 11.3. The topological polar surface area (TPSA) is 134 Å². The SMILES string of the molecule is CC(=O)N1CCC(N(C(=O)O)c2cc3cc(-c4cnc5c(c4C)NCCO5)c(F)c(N)c3cn2)C1. The molecule has 11 heteroatoms. The molecule has 1 saturated heterocycles. The Kier molecular flexibility index (Phi) is 5.54. The number of carbonyl (C=O) groups excluding carboxylic acids is 1. The molecule has 0 spiro atoms. The Labute approximate surface area is 200 Å². The molecule has 0 radical (unpaired) electrons. The van der Waals surface area contributed by atoms with Crippen LogP contribution < -0.4 is 20.7 Å². The molecule has 4 heterocycles. The zero-order valence-corrected chi connectivity index (χ0v) is 19.3. The Balaban J connectivity index is 1.60. The van der Waals surface area contributed by atoms with Crippen LogP contribution in [0.25, 0.3) is 21.9 Å². The van der Waals surface area contributed by atoms with E-state index in [4.69, 9.17) is 10.5 Å². The van der Waals surface area contributed by atoms with Crippen molar-refractivity contribution in [3.8, 4) is 17.0 Å². The zero-order chi connectivity index (χ0) is 24.9. The van der Waals surface area contributed by atoms with Crippen LogP contribution in [0.2, 0.25) is 0 Å². The van der Waals surface area contributed by atoms with Crippen LogP contribution in [0.4, 0.5) is 26.4 Å². The van der Waals surface area contributed by atoms with E-state index >= 15 is 4.39 Å². The van der Waals surface area contributed by atoms with Crippen molar-refractivity contribution in [3.05, 3.63) is 35.9 Å². The number of fused-ring (bicyclic) bond motifs is 2. The van der Waals surface area contributed by atoms with Gasteiger partial charge >= 0.3 is 6.09 Å². The minimum absolute atomic E-state index is 0.0802. The lowest BCUT2D eigenvalue weighted by Crippen LogP contribution is -2.42.